The number of rotatable bonds is 4. The van der Waals surface area contributed by atoms with Crippen LogP contribution in [-0.2, 0) is 0 Å². The number of furan rings is 1. The predicted molar refractivity (Wildman–Crippen MR) is 104 cm³/mol. The van der Waals surface area contributed by atoms with Crippen LogP contribution in [0.5, 0.6) is 5.75 Å². The summed E-state index contributed by atoms with van der Waals surface area (Å²) < 4.78 is 11.0. The molecule has 0 spiro atoms. The number of benzene rings is 1. The van der Waals surface area contributed by atoms with E-state index >= 15 is 0 Å². The first-order valence-corrected chi connectivity index (χ1v) is 9.05. The zero-order valence-corrected chi connectivity index (χ0v) is 15.7. The minimum Gasteiger partial charge on any atom is -0.497 e. The van der Waals surface area contributed by atoms with Crippen molar-refractivity contribution in [2.75, 3.05) is 30.4 Å². The Morgan fingerprint density at radius 1 is 1.15 bits per heavy atom. The van der Waals surface area contributed by atoms with Gasteiger partial charge in [0.15, 0.2) is 0 Å². The van der Waals surface area contributed by atoms with Crippen LogP contribution in [0.3, 0.4) is 0 Å². The Bertz CT molecular complexity index is 989. The van der Waals surface area contributed by atoms with E-state index in [2.05, 4.69) is 20.2 Å². The molecule has 1 N–H and O–H groups in total. The molecule has 3 aromatic rings. The SMILES string of the molecule is COc1ccc(NC(=O)c2c(C)oc3nc(C)nc(N4CCCC4)c23)cc1. The molecule has 1 amide bonds. The lowest BCUT2D eigenvalue weighted by atomic mass is 10.1. The van der Waals surface area contributed by atoms with E-state index in [4.69, 9.17) is 9.15 Å². The lowest BCUT2D eigenvalue weighted by Gasteiger charge is -2.18. The van der Waals surface area contributed by atoms with Crippen LogP contribution in [0.25, 0.3) is 11.1 Å². The number of aryl methyl sites for hydroxylation is 2. The van der Waals surface area contributed by atoms with Gasteiger partial charge in [0.1, 0.15) is 23.2 Å². The van der Waals surface area contributed by atoms with Crippen molar-refractivity contribution in [3.05, 3.63) is 41.4 Å². The molecule has 1 aliphatic rings. The zero-order chi connectivity index (χ0) is 19.0. The van der Waals surface area contributed by atoms with Crippen LogP contribution in [0, 0.1) is 13.8 Å². The summed E-state index contributed by atoms with van der Waals surface area (Å²) in [4.78, 5) is 24.3. The fourth-order valence-electron chi connectivity index (χ4n) is 3.50. The quantitative estimate of drug-likeness (QED) is 0.758. The first kappa shape index (κ1) is 17.3. The Kier molecular flexibility index (Phi) is 4.43. The van der Waals surface area contributed by atoms with E-state index in [0.29, 0.717) is 33.9 Å². The molecule has 7 nitrogen and oxygen atoms in total. The Hall–Kier alpha value is -3.09. The van der Waals surface area contributed by atoms with Gasteiger partial charge in [0.2, 0.25) is 5.71 Å². The minimum atomic E-state index is -0.232. The van der Waals surface area contributed by atoms with E-state index in [-0.39, 0.29) is 5.91 Å². The number of carbonyl (C=O) groups is 1. The lowest BCUT2D eigenvalue weighted by molar-refractivity contribution is 0.102. The molecule has 0 saturated carbocycles. The van der Waals surface area contributed by atoms with Crippen molar-refractivity contribution in [2.24, 2.45) is 0 Å². The first-order chi connectivity index (χ1) is 13.1. The van der Waals surface area contributed by atoms with Crippen LogP contribution in [0.1, 0.15) is 34.8 Å². The van der Waals surface area contributed by atoms with Crippen LogP contribution >= 0.6 is 0 Å². The molecule has 1 aromatic carbocycles. The number of methoxy groups -OCH3 is 1. The van der Waals surface area contributed by atoms with Crippen molar-refractivity contribution in [1.29, 1.82) is 0 Å². The largest absolute Gasteiger partial charge is 0.497 e. The summed E-state index contributed by atoms with van der Waals surface area (Å²) in [6, 6.07) is 7.21. The second-order valence-electron chi connectivity index (χ2n) is 6.68. The van der Waals surface area contributed by atoms with Gasteiger partial charge in [0, 0.05) is 18.8 Å². The number of aromatic nitrogens is 2. The summed E-state index contributed by atoms with van der Waals surface area (Å²) in [7, 11) is 1.61. The van der Waals surface area contributed by atoms with Crippen molar-refractivity contribution in [1.82, 2.24) is 9.97 Å². The number of carbonyl (C=O) groups excluding carboxylic acids is 1. The average molecular weight is 366 g/mol. The number of nitrogens with one attached hydrogen (secondary N) is 1. The van der Waals surface area contributed by atoms with Gasteiger partial charge in [-0.2, -0.15) is 4.98 Å². The monoisotopic (exact) mass is 366 g/mol. The number of ether oxygens (including phenoxy) is 1. The molecular weight excluding hydrogens is 344 g/mol. The Labute approximate surface area is 157 Å². The summed E-state index contributed by atoms with van der Waals surface area (Å²) in [5.41, 5.74) is 1.63. The predicted octanol–water partition coefficient (Wildman–Crippen LogP) is 3.70. The van der Waals surface area contributed by atoms with Gasteiger partial charge < -0.3 is 19.4 Å². The third-order valence-electron chi connectivity index (χ3n) is 4.80. The zero-order valence-electron chi connectivity index (χ0n) is 15.7. The van der Waals surface area contributed by atoms with Crippen LogP contribution in [-0.4, -0.2) is 36.1 Å². The second-order valence-corrected chi connectivity index (χ2v) is 6.68. The van der Waals surface area contributed by atoms with Gasteiger partial charge in [0.05, 0.1) is 18.1 Å². The van der Waals surface area contributed by atoms with Crippen molar-refractivity contribution < 1.29 is 13.9 Å². The van der Waals surface area contributed by atoms with Crippen LogP contribution in [0.2, 0.25) is 0 Å². The van der Waals surface area contributed by atoms with Crippen molar-refractivity contribution in [2.45, 2.75) is 26.7 Å². The standard InChI is InChI=1S/C20H22N4O3/c1-12-16(19(25)23-14-6-8-15(26-3)9-7-14)17-18(24-10-4-5-11-24)21-13(2)22-20(17)27-12/h6-9H,4-5,10-11H2,1-3H3,(H,23,25). The molecule has 2 aromatic heterocycles. The van der Waals surface area contributed by atoms with Crippen LogP contribution in [0.15, 0.2) is 28.7 Å². The fraction of sp³-hybridized carbons (Fsp3) is 0.350. The summed E-state index contributed by atoms with van der Waals surface area (Å²) in [5.74, 6) is 2.46. The number of nitrogens with zero attached hydrogens (tertiary/aromatic N) is 3. The molecule has 1 fully saturated rings. The van der Waals surface area contributed by atoms with E-state index in [1.165, 1.54) is 0 Å². The number of anilines is 2. The fourth-order valence-corrected chi connectivity index (χ4v) is 3.50. The number of fused-ring (bicyclic) bond motifs is 1. The Balaban J connectivity index is 1.75. The van der Waals surface area contributed by atoms with Gasteiger partial charge in [-0.25, -0.2) is 4.98 Å². The smallest absolute Gasteiger partial charge is 0.260 e. The third kappa shape index (κ3) is 3.20. The summed E-state index contributed by atoms with van der Waals surface area (Å²) in [5, 5.41) is 3.62. The molecule has 0 atom stereocenters. The summed E-state index contributed by atoms with van der Waals surface area (Å²) in [6.45, 7) is 5.48. The third-order valence-corrected chi connectivity index (χ3v) is 4.80. The number of hydrogen-bond acceptors (Lipinski definition) is 6. The van der Waals surface area contributed by atoms with Crippen molar-refractivity contribution >= 4 is 28.5 Å². The Morgan fingerprint density at radius 3 is 2.52 bits per heavy atom. The van der Waals surface area contributed by atoms with Crippen molar-refractivity contribution in [3.8, 4) is 5.75 Å². The maximum absolute atomic E-state index is 13.0. The van der Waals surface area contributed by atoms with Gasteiger partial charge in [-0.05, 0) is 51.0 Å². The second kappa shape index (κ2) is 6.90. The highest BCUT2D eigenvalue weighted by Crippen LogP contribution is 2.34. The van der Waals surface area contributed by atoms with Gasteiger partial charge in [0.25, 0.3) is 5.91 Å². The van der Waals surface area contributed by atoms with Crippen LogP contribution < -0.4 is 15.0 Å². The first-order valence-electron chi connectivity index (χ1n) is 9.05. The molecule has 0 radical (unpaired) electrons. The maximum Gasteiger partial charge on any atom is 0.260 e. The minimum absolute atomic E-state index is 0.232. The van der Waals surface area contributed by atoms with Gasteiger partial charge in [-0.15, -0.1) is 0 Å². The highest BCUT2D eigenvalue weighted by molar-refractivity contribution is 6.15. The molecule has 27 heavy (non-hydrogen) atoms. The maximum atomic E-state index is 13.0. The highest BCUT2D eigenvalue weighted by atomic mass is 16.5. The molecule has 140 valence electrons. The molecule has 4 rings (SSSR count). The highest BCUT2D eigenvalue weighted by Gasteiger charge is 2.27. The molecule has 1 aliphatic heterocycles. The van der Waals surface area contributed by atoms with E-state index < -0.39 is 0 Å². The molecule has 0 bridgehead atoms. The van der Waals surface area contributed by atoms with E-state index in [1.807, 2.05) is 6.92 Å². The number of amides is 1. The molecule has 0 unspecified atom stereocenters. The molecular formula is C20H22N4O3. The Morgan fingerprint density at radius 2 is 1.85 bits per heavy atom. The van der Waals surface area contributed by atoms with Gasteiger partial charge in [-0.1, -0.05) is 0 Å². The molecule has 3 heterocycles. The normalized spacial score (nSPS) is 14.0. The van der Waals surface area contributed by atoms with E-state index in [0.717, 1.165) is 37.5 Å². The van der Waals surface area contributed by atoms with Crippen LogP contribution in [0.4, 0.5) is 11.5 Å². The summed E-state index contributed by atoms with van der Waals surface area (Å²) in [6.07, 6.45) is 2.24. The van der Waals surface area contributed by atoms with Gasteiger partial charge >= 0.3 is 0 Å². The average Bonchev–Trinajstić information content (AvgIpc) is 3.28. The lowest BCUT2D eigenvalue weighted by Crippen LogP contribution is -2.21. The molecule has 0 aliphatic carbocycles. The van der Waals surface area contributed by atoms with Gasteiger partial charge in [-0.3, -0.25) is 4.79 Å². The molecule has 7 heteroatoms. The van der Waals surface area contributed by atoms with E-state index in [9.17, 15) is 4.79 Å². The van der Waals surface area contributed by atoms with Crippen molar-refractivity contribution in [3.63, 3.8) is 0 Å². The topological polar surface area (TPSA) is 80.5 Å². The van der Waals surface area contributed by atoms with E-state index in [1.54, 1.807) is 38.3 Å². The molecule has 1 saturated heterocycles. The number of hydrogen-bond donors (Lipinski definition) is 1. The summed E-state index contributed by atoms with van der Waals surface area (Å²) >= 11 is 0.